The van der Waals surface area contributed by atoms with Gasteiger partial charge in [0.2, 0.25) is 11.6 Å². The van der Waals surface area contributed by atoms with E-state index in [4.69, 9.17) is 4.74 Å². The Hall–Kier alpha value is -3.16. The van der Waals surface area contributed by atoms with Crippen molar-refractivity contribution in [3.63, 3.8) is 0 Å². The number of benzene rings is 1. The van der Waals surface area contributed by atoms with Crippen LogP contribution in [0, 0.1) is 10.1 Å². The molecule has 0 aliphatic heterocycles. The SMILES string of the molecule is C=CCNc1ncnc(Nc2ccc(OCC)cc2)c1[N+](=O)[O-]. The molecule has 120 valence electrons. The van der Waals surface area contributed by atoms with Crippen molar-refractivity contribution >= 4 is 23.0 Å². The molecule has 0 fully saturated rings. The minimum atomic E-state index is -0.525. The fourth-order valence-electron chi connectivity index (χ4n) is 1.88. The van der Waals surface area contributed by atoms with Gasteiger partial charge in [-0.1, -0.05) is 6.08 Å². The van der Waals surface area contributed by atoms with E-state index in [2.05, 4.69) is 27.2 Å². The molecule has 0 bridgehead atoms. The summed E-state index contributed by atoms with van der Waals surface area (Å²) in [5.41, 5.74) is 0.438. The highest BCUT2D eigenvalue weighted by molar-refractivity contribution is 5.73. The first-order valence-corrected chi connectivity index (χ1v) is 6.99. The van der Waals surface area contributed by atoms with Crippen LogP contribution in [0.25, 0.3) is 0 Å². The Bertz CT molecular complexity index is 688. The lowest BCUT2D eigenvalue weighted by atomic mass is 10.3. The van der Waals surface area contributed by atoms with E-state index in [1.165, 1.54) is 6.33 Å². The van der Waals surface area contributed by atoms with Gasteiger partial charge < -0.3 is 15.4 Å². The summed E-state index contributed by atoms with van der Waals surface area (Å²) in [5.74, 6) is 0.975. The van der Waals surface area contributed by atoms with E-state index in [0.29, 0.717) is 18.8 Å². The molecule has 2 aromatic rings. The normalized spacial score (nSPS) is 9.96. The predicted octanol–water partition coefficient (Wildman–Crippen LogP) is 3.13. The summed E-state index contributed by atoms with van der Waals surface area (Å²) >= 11 is 0. The zero-order valence-electron chi connectivity index (χ0n) is 12.7. The van der Waals surface area contributed by atoms with Crippen molar-refractivity contribution in [3.05, 3.63) is 53.4 Å². The predicted molar refractivity (Wildman–Crippen MR) is 88.3 cm³/mol. The van der Waals surface area contributed by atoms with Crippen LogP contribution in [0.3, 0.4) is 0 Å². The largest absolute Gasteiger partial charge is 0.494 e. The van der Waals surface area contributed by atoms with Crippen molar-refractivity contribution in [3.8, 4) is 5.75 Å². The molecule has 0 atom stereocenters. The lowest BCUT2D eigenvalue weighted by Crippen LogP contribution is -2.08. The van der Waals surface area contributed by atoms with Gasteiger partial charge >= 0.3 is 5.69 Å². The zero-order valence-corrected chi connectivity index (χ0v) is 12.7. The fourth-order valence-corrected chi connectivity index (χ4v) is 1.88. The Morgan fingerprint density at radius 2 is 2.00 bits per heavy atom. The van der Waals surface area contributed by atoms with E-state index in [0.717, 1.165) is 5.75 Å². The average Bonchev–Trinajstić information content (AvgIpc) is 2.55. The van der Waals surface area contributed by atoms with Gasteiger partial charge in [0, 0.05) is 12.2 Å². The maximum atomic E-state index is 11.3. The van der Waals surface area contributed by atoms with E-state index < -0.39 is 4.92 Å². The maximum Gasteiger partial charge on any atom is 0.353 e. The molecule has 2 N–H and O–H groups in total. The van der Waals surface area contributed by atoms with Gasteiger partial charge in [-0.05, 0) is 31.2 Å². The molecule has 0 aliphatic rings. The summed E-state index contributed by atoms with van der Waals surface area (Å²) in [6.07, 6.45) is 2.85. The molecule has 23 heavy (non-hydrogen) atoms. The van der Waals surface area contributed by atoms with E-state index in [1.807, 2.05) is 6.92 Å². The van der Waals surface area contributed by atoms with Gasteiger partial charge in [-0.25, -0.2) is 9.97 Å². The summed E-state index contributed by atoms with van der Waals surface area (Å²) in [6.45, 7) is 6.39. The second kappa shape index (κ2) is 7.74. The topological polar surface area (TPSA) is 102 Å². The first-order valence-electron chi connectivity index (χ1n) is 6.99. The summed E-state index contributed by atoms with van der Waals surface area (Å²) in [5, 5.41) is 17.1. The molecular formula is C15H17N5O3. The fraction of sp³-hybridized carbons (Fsp3) is 0.200. The van der Waals surface area contributed by atoms with Gasteiger partial charge in [-0.15, -0.1) is 6.58 Å². The maximum absolute atomic E-state index is 11.3. The van der Waals surface area contributed by atoms with Crippen LogP contribution in [0.5, 0.6) is 5.75 Å². The quantitative estimate of drug-likeness (QED) is 0.438. The minimum absolute atomic E-state index is 0.112. The van der Waals surface area contributed by atoms with Crippen LogP contribution in [0.2, 0.25) is 0 Å². The number of aromatic nitrogens is 2. The van der Waals surface area contributed by atoms with Gasteiger partial charge in [0.25, 0.3) is 0 Å². The highest BCUT2D eigenvalue weighted by Crippen LogP contribution is 2.31. The second-order valence-electron chi connectivity index (χ2n) is 4.43. The van der Waals surface area contributed by atoms with Crippen LogP contribution in [-0.4, -0.2) is 28.0 Å². The Morgan fingerprint density at radius 3 is 2.61 bits per heavy atom. The van der Waals surface area contributed by atoms with Crippen molar-refractivity contribution in [2.45, 2.75) is 6.92 Å². The van der Waals surface area contributed by atoms with Crippen molar-refractivity contribution in [2.75, 3.05) is 23.8 Å². The Kier molecular flexibility index (Phi) is 5.45. The van der Waals surface area contributed by atoms with E-state index in [1.54, 1.807) is 30.3 Å². The molecule has 0 saturated heterocycles. The minimum Gasteiger partial charge on any atom is -0.494 e. The van der Waals surface area contributed by atoms with Crippen LogP contribution in [0.15, 0.2) is 43.2 Å². The average molecular weight is 315 g/mol. The molecular weight excluding hydrogens is 298 g/mol. The van der Waals surface area contributed by atoms with E-state index in [-0.39, 0.29) is 17.3 Å². The zero-order chi connectivity index (χ0) is 16.7. The summed E-state index contributed by atoms with van der Waals surface area (Å²) in [6, 6.07) is 7.06. The molecule has 8 heteroatoms. The second-order valence-corrected chi connectivity index (χ2v) is 4.43. The van der Waals surface area contributed by atoms with Crippen molar-refractivity contribution < 1.29 is 9.66 Å². The first-order chi connectivity index (χ1) is 11.2. The number of nitrogens with one attached hydrogen (secondary N) is 2. The lowest BCUT2D eigenvalue weighted by Gasteiger charge is -2.10. The number of hydrogen-bond acceptors (Lipinski definition) is 7. The van der Waals surface area contributed by atoms with Gasteiger partial charge in [-0.2, -0.15) is 0 Å². The van der Waals surface area contributed by atoms with Crippen molar-refractivity contribution in [1.29, 1.82) is 0 Å². The van der Waals surface area contributed by atoms with Crippen LogP contribution >= 0.6 is 0 Å². The number of nitro groups is 1. The van der Waals surface area contributed by atoms with E-state index in [9.17, 15) is 10.1 Å². The number of rotatable bonds is 8. The Labute approximate surface area is 133 Å². The smallest absolute Gasteiger partial charge is 0.353 e. The van der Waals surface area contributed by atoms with Crippen LogP contribution < -0.4 is 15.4 Å². The summed E-state index contributed by atoms with van der Waals surface area (Å²) < 4.78 is 5.36. The van der Waals surface area contributed by atoms with Crippen molar-refractivity contribution in [1.82, 2.24) is 9.97 Å². The molecule has 0 unspecified atom stereocenters. The van der Waals surface area contributed by atoms with Crippen LogP contribution in [0.1, 0.15) is 6.92 Å². The lowest BCUT2D eigenvalue weighted by molar-refractivity contribution is -0.383. The molecule has 0 saturated carbocycles. The van der Waals surface area contributed by atoms with Gasteiger partial charge in [-0.3, -0.25) is 10.1 Å². The Morgan fingerprint density at radius 1 is 1.30 bits per heavy atom. The highest BCUT2D eigenvalue weighted by Gasteiger charge is 2.22. The third-order valence-electron chi connectivity index (χ3n) is 2.85. The standard InChI is InChI=1S/C15H17N5O3/c1-3-9-16-14-13(20(21)22)15(18-10-17-14)19-11-5-7-12(8-6-11)23-4-2/h3,5-8,10H,1,4,9H2,2H3,(H2,16,17,18,19). The summed E-state index contributed by atoms with van der Waals surface area (Å²) in [4.78, 5) is 18.7. The molecule has 1 heterocycles. The number of anilines is 3. The summed E-state index contributed by atoms with van der Waals surface area (Å²) in [7, 11) is 0. The Balaban J connectivity index is 2.27. The van der Waals surface area contributed by atoms with Crippen LogP contribution in [-0.2, 0) is 0 Å². The number of nitrogens with zero attached hydrogens (tertiary/aromatic N) is 3. The van der Waals surface area contributed by atoms with Crippen LogP contribution in [0.4, 0.5) is 23.0 Å². The molecule has 0 radical (unpaired) electrons. The molecule has 2 rings (SSSR count). The third-order valence-corrected chi connectivity index (χ3v) is 2.85. The molecule has 8 nitrogen and oxygen atoms in total. The van der Waals surface area contributed by atoms with Crippen molar-refractivity contribution in [2.24, 2.45) is 0 Å². The highest BCUT2D eigenvalue weighted by atomic mass is 16.6. The van der Waals surface area contributed by atoms with Gasteiger partial charge in [0.15, 0.2) is 0 Å². The molecule has 0 amide bonds. The van der Waals surface area contributed by atoms with E-state index >= 15 is 0 Å². The van der Waals surface area contributed by atoms with Gasteiger partial charge in [0.05, 0.1) is 11.5 Å². The molecule has 0 spiro atoms. The van der Waals surface area contributed by atoms with Gasteiger partial charge in [0.1, 0.15) is 12.1 Å². The number of ether oxygens (including phenoxy) is 1. The molecule has 1 aromatic carbocycles. The third kappa shape index (κ3) is 4.16. The molecule has 1 aromatic heterocycles. The first kappa shape index (κ1) is 16.2. The molecule has 0 aliphatic carbocycles. The monoisotopic (exact) mass is 315 g/mol. The number of hydrogen-bond donors (Lipinski definition) is 2.